The monoisotopic (exact) mass is 529 g/mol. The molecule has 0 saturated carbocycles. The Morgan fingerprint density at radius 3 is 2.35 bits per heavy atom. The molecule has 196 valence electrons. The molecule has 0 unspecified atom stereocenters. The lowest BCUT2D eigenvalue weighted by Gasteiger charge is -2.12. The van der Waals surface area contributed by atoms with Crippen LogP contribution in [0.15, 0.2) is 109 Å². The van der Waals surface area contributed by atoms with Crippen LogP contribution in [-0.2, 0) is 13.0 Å². The molecular formula is C33H24FN3O3. The number of carbonyl (C=O) groups is 2. The molecule has 0 aliphatic carbocycles. The molecule has 1 amide bonds. The Morgan fingerprint density at radius 1 is 0.850 bits per heavy atom. The van der Waals surface area contributed by atoms with E-state index in [2.05, 4.69) is 40.7 Å². The summed E-state index contributed by atoms with van der Waals surface area (Å²) in [4.78, 5) is 24.8. The topological polar surface area (TPSA) is 83.7 Å². The van der Waals surface area contributed by atoms with Gasteiger partial charge in [-0.3, -0.25) is 4.79 Å². The number of benzene rings is 4. The minimum atomic E-state index is -1.01. The van der Waals surface area contributed by atoms with E-state index >= 15 is 0 Å². The third-order valence-corrected chi connectivity index (χ3v) is 6.98. The smallest absolute Gasteiger partial charge is 0.335 e. The largest absolute Gasteiger partial charge is 0.478 e. The molecule has 0 radical (unpaired) electrons. The minimum absolute atomic E-state index is 0.173. The highest BCUT2D eigenvalue weighted by atomic mass is 19.1. The van der Waals surface area contributed by atoms with Crippen LogP contribution >= 0.6 is 0 Å². The first-order valence-corrected chi connectivity index (χ1v) is 12.8. The maximum Gasteiger partial charge on any atom is 0.335 e. The second-order valence-electron chi connectivity index (χ2n) is 9.63. The van der Waals surface area contributed by atoms with Crippen molar-refractivity contribution in [2.24, 2.45) is 0 Å². The molecule has 0 saturated heterocycles. The van der Waals surface area contributed by atoms with Gasteiger partial charge in [-0.05, 0) is 46.2 Å². The van der Waals surface area contributed by atoms with Crippen LogP contribution in [0.5, 0.6) is 0 Å². The number of aromatic carboxylic acids is 1. The van der Waals surface area contributed by atoms with Gasteiger partial charge in [0.25, 0.3) is 5.91 Å². The number of aromatic nitrogens is 2. The molecule has 6 rings (SSSR count). The number of hydrogen-bond acceptors (Lipinski definition) is 3. The summed E-state index contributed by atoms with van der Waals surface area (Å²) in [6, 6.07) is 28.9. The van der Waals surface area contributed by atoms with Gasteiger partial charge >= 0.3 is 5.97 Å². The molecule has 6 aromatic rings. The van der Waals surface area contributed by atoms with E-state index in [1.54, 1.807) is 53.3 Å². The Kier molecular flexibility index (Phi) is 6.54. The van der Waals surface area contributed by atoms with Crippen molar-refractivity contribution in [2.75, 3.05) is 0 Å². The average Bonchev–Trinajstić information content (AvgIpc) is 3.38. The predicted octanol–water partition coefficient (Wildman–Crippen LogP) is 6.51. The highest BCUT2D eigenvalue weighted by Crippen LogP contribution is 2.28. The maximum absolute atomic E-state index is 14.7. The zero-order chi connectivity index (χ0) is 27.6. The summed E-state index contributed by atoms with van der Waals surface area (Å²) in [6.07, 6.45) is 4.04. The molecule has 0 spiro atoms. The standard InChI is InChI=1S/C33H24FN3O3/c34-30-8-4-3-7-28(30)27-17-29(32(38)35-18-21-9-13-24(14-10-21)33(39)40)31-26(19-36-37(31)20-27)16-22-11-12-23-5-1-2-6-25(23)15-22/h1-15,17,19-20H,16,18H2,(H,35,38)(H,39,40). The first-order chi connectivity index (χ1) is 19.5. The van der Waals surface area contributed by atoms with Crippen LogP contribution in [0.25, 0.3) is 27.4 Å². The molecule has 7 heteroatoms. The summed E-state index contributed by atoms with van der Waals surface area (Å²) < 4.78 is 16.3. The number of fused-ring (bicyclic) bond motifs is 2. The fourth-order valence-electron chi connectivity index (χ4n) is 4.94. The molecule has 0 aliphatic heterocycles. The second kappa shape index (κ2) is 10.5. The molecule has 2 heterocycles. The summed E-state index contributed by atoms with van der Waals surface area (Å²) in [6.45, 7) is 0.197. The van der Waals surface area contributed by atoms with E-state index in [1.807, 2.05) is 12.1 Å². The lowest BCUT2D eigenvalue weighted by Crippen LogP contribution is -2.24. The number of carboxylic acids is 1. The van der Waals surface area contributed by atoms with Crippen molar-refractivity contribution in [2.45, 2.75) is 13.0 Å². The van der Waals surface area contributed by atoms with Crippen LogP contribution in [-0.4, -0.2) is 26.6 Å². The molecular weight excluding hydrogens is 505 g/mol. The highest BCUT2D eigenvalue weighted by Gasteiger charge is 2.19. The number of nitrogens with zero attached hydrogens (tertiary/aromatic N) is 2. The van der Waals surface area contributed by atoms with E-state index in [4.69, 9.17) is 5.11 Å². The first-order valence-electron chi connectivity index (χ1n) is 12.8. The third kappa shape index (κ3) is 4.92. The molecule has 40 heavy (non-hydrogen) atoms. The van der Waals surface area contributed by atoms with Gasteiger partial charge in [0.2, 0.25) is 0 Å². The lowest BCUT2D eigenvalue weighted by molar-refractivity contribution is 0.0696. The molecule has 6 nitrogen and oxygen atoms in total. The average molecular weight is 530 g/mol. The lowest BCUT2D eigenvalue weighted by atomic mass is 9.99. The van der Waals surface area contributed by atoms with E-state index in [-0.39, 0.29) is 18.0 Å². The number of amides is 1. The van der Waals surface area contributed by atoms with Gasteiger partial charge in [-0.2, -0.15) is 5.10 Å². The van der Waals surface area contributed by atoms with Gasteiger partial charge in [-0.1, -0.05) is 72.8 Å². The first kappa shape index (κ1) is 25.0. The summed E-state index contributed by atoms with van der Waals surface area (Å²) >= 11 is 0. The van der Waals surface area contributed by atoms with Gasteiger partial charge < -0.3 is 10.4 Å². The Hall–Kier alpha value is -5.30. The van der Waals surface area contributed by atoms with Crippen molar-refractivity contribution in [1.29, 1.82) is 0 Å². The van der Waals surface area contributed by atoms with Crippen LogP contribution in [0.1, 0.15) is 37.4 Å². The zero-order valence-corrected chi connectivity index (χ0v) is 21.3. The SMILES string of the molecule is O=C(O)c1ccc(CNC(=O)c2cc(-c3ccccc3F)cn3ncc(Cc4ccc5ccccc5c4)c23)cc1. The summed E-state index contributed by atoms with van der Waals surface area (Å²) in [5.74, 6) is -1.75. The van der Waals surface area contributed by atoms with Crippen molar-refractivity contribution < 1.29 is 19.1 Å². The van der Waals surface area contributed by atoms with E-state index in [0.29, 0.717) is 28.6 Å². The molecule has 0 bridgehead atoms. The zero-order valence-electron chi connectivity index (χ0n) is 21.3. The summed E-state index contributed by atoms with van der Waals surface area (Å²) in [7, 11) is 0. The van der Waals surface area contributed by atoms with Gasteiger partial charge in [0.05, 0.1) is 22.8 Å². The van der Waals surface area contributed by atoms with Gasteiger partial charge in [0.15, 0.2) is 0 Å². The number of halogens is 1. The molecule has 0 atom stereocenters. The van der Waals surface area contributed by atoms with E-state index in [0.717, 1.165) is 27.5 Å². The van der Waals surface area contributed by atoms with E-state index in [1.165, 1.54) is 18.2 Å². The summed E-state index contributed by atoms with van der Waals surface area (Å²) in [5.41, 5.74) is 4.79. The summed E-state index contributed by atoms with van der Waals surface area (Å²) in [5, 5.41) is 18.9. The fraction of sp³-hybridized carbons (Fsp3) is 0.0606. The van der Waals surface area contributed by atoms with Crippen molar-refractivity contribution in [3.63, 3.8) is 0 Å². The van der Waals surface area contributed by atoms with Crippen molar-refractivity contribution in [3.8, 4) is 11.1 Å². The second-order valence-corrected chi connectivity index (χ2v) is 9.63. The quantitative estimate of drug-likeness (QED) is 0.247. The predicted molar refractivity (Wildman–Crippen MR) is 152 cm³/mol. The van der Waals surface area contributed by atoms with Crippen molar-refractivity contribution in [3.05, 3.63) is 143 Å². The normalized spacial score (nSPS) is 11.1. The molecule has 2 N–H and O–H groups in total. The van der Waals surface area contributed by atoms with E-state index < -0.39 is 11.8 Å². The number of carboxylic acid groups (broad SMARTS) is 1. The Labute approximate surface area is 229 Å². The van der Waals surface area contributed by atoms with Gasteiger partial charge in [-0.25, -0.2) is 13.7 Å². The highest BCUT2D eigenvalue weighted by molar-refractivity contribution is 6.02. The van der Waals surface area contributed by atoms with Crippen LogP contribution in [0.3, 0.4) is 0 Å². The van der Waals surface area contributed by atoms with Crippen LogP contribution in [0.2, 0.25) is 0 Å². The minimum Gasteiger partial charge on any atom is -0.478 e. The van der Waals surface area contributed by atoms with Crippen molar-refractivity contribution in [1.82, 2.24) is 14.9 Å². The molecule has 4 aromatic carbocycles. The van der Waals surface area contributed by atoms with Crippen LogP contribution < -0.4 is 5.32 Å². The number of pyridine rings is 1. The fourth-order valence-corrected chi connectivity index (χ4v) is 4.94. The van der Waals surface area contributed by atoms with Crippen molar-refractivity contribution >= 4 is 28.2 Å². The van der Waals surface area contributed by atoms with Gasteiger partial charge in [0, 0.05) is 35.9 Å². The Balaban J connectivity index is 1.38. The van der Waals surface area contributed by atoms with Gasteiger partial charge in [-0.15, -0.1) is 0 Å². The molecule has 2 aromatic heterocycles. The maximum atomic E-state index is 14.7. The third-order valence-electron chi connectivity index (χ3n) is 6.98. The number of nitrogens with one attached hydrogen (secondary N) is 1. The number of carbonyl (C=O) groups excluding carboxylic acids is 1. The van der Waals surface area contributed by atoms with Crippen LogP contribution in [0.4, 0.5) is 4.39 Å². The van der Waals surface area contributed by atoms with E-state index in [9.17, 15) is 14.0 Å². The van der Waals surface area contributed by atoms with Crippen LogP contribution in [0, 0.1) is 5.82 Å². The molecule has 0 fully saturated rings. The number of hydrogen-bond donors (Lipinski definition) is 2. The number of rotatable bonds is 7. The molecule has 0 aliphatic rings. The Morgan fingerprint density at radius 2 is 1.57 bits per heavy atom. The Bertz CT molecular complexity index is 1890. The van der Waals surface area contributed by atoms with Gasteiger partial charge in [0.1, 0.15) is 5.82 Å².